The molecule has 0 saturated heterocycles. The van der Waals surface area contributed by atoms with Crippen molar-refractivity contribution in [2.45, 2.75) is 25.2 Å². The zero-order valence-electron chi connectivity index (χ0n) is 16.3. The average Bonchev–Trinajstić information content (AvgIpc) is 2.71. The number of hydrogen-bond donors (Lipinski definition) is 1. The molecule has 2 aromatic carbocycles. The van der Waals surface area contributed by atoms with Crippen LogP contribution in [0.2, 0.25) is 5.02 Å². The molecule has 2 atom stereocenters. The Hall–Kier alpha value is -2.51. The molecule has 6 nitrogen and oxygen atoms in total. The number of Topliss-reactive ketones (excluding diaryl/α,β-unsaturated/α-hetero) is 1. The lowest BCUT2D eigenvalue weighted by atomic mass is 10.1. The number of carbonyl (C=O) groups is 3. The maximum atomic E-state index is 12.8. The monoisotopic (exact) mass is 432 g/mol. The van der Waals surface area contributed by atoms with Crippen LogP contribution in [0, 0.1) is 0 Å². The van der Waals surface area contributed by atoms with E-state index in [0.29, 0.717) is 27.7 Å². The van der Waals surface area contributed by atoms with E-state index in [1.807, 2.05) is 0 Å². The molecule has 2 aromatic rings. The van der Waals surface area contributed by atoms with Gasteiger partial charge in [0.1, 0.15) is 5.75 Å². The van der Waals surface area contributed by atoms with Crippen LogP contribution in [0.5, 0.6) is 5.75 Å². The van der Waals surface area contributed by atoms with Crippen molar-refractivity contribution < 1.29 is 19.1 Å². The zero-order valence-corrected chi connectivity index (χ0v) is 17.8. The summed E-state index contributed by atoms with van der Waals surface area (Å²) in [6.45, 7) is 3.45. The fourth-order valence-corrected chi connectivity index (χ4v) is 3.79. The average molecular weight is 433 g/mol. The quantitative estimate of drug-likeness (QED) is 0.697. The molecule has 0 fully saturated rings. The van der Waals surface area contributed by atoms with Gasteiger partial charge in [0.05, 0.1) is 16.7 Å². The summed E-state index contributed by atoms with van der Waals surface area (Å²) in [5.41, 5.74) is 1.69. The molecule has 1 N–H and O–H groups in total. The van der Waals surface area contributed by atoms with Crippen LogP contribution >= 0.6 is 23.4 Å². The Bertz CT molecular complexity index is 948. The number of nitrogens with one attached hydrogen (secondary N) is 1. The molecule has 0 bridgehead atoms. The smallest absolute Gasteiger partial charge is 0.267 e. The van der Waals surface area contributed by atoms with E-state index in [-0.39, 0.29) is 23.4 Å². The lowest BCUT2D eigenvalue weighted by molar-refractivity contribution is -0.125. The number of ketones is 1. The molecule has 0 aromatic heterocycles. The van der Waals surface area contributed by atoms with Crippen LogP contribution in [0.4, 0.5) is 11.4 Å². The van der Waals surface area contributed by atoms with Crippen molar-refractivity contribution in [3.63, 3.8) is 0 Å². The minimum absolute atomic E-state index is 0.114. The number of nitrogens with zero attached hydrogens (tertiary/aromatic N) is 1. The van der Waals surface area contributed by atoms with E-state index in [9.17, 15) is 14.4 Å². The fraction of sp³-hybridized carbons (Fsp3) is 0.286. The molecule has 2 unspecified atom stereocenters. The minimum Gasteiger partial charge on any atom is -0.479 e. The highest BCUT2D eigenvalue weighted by Crippen LogP contribution is 2.34. The third kappa shape index (κ3) is 4.92. The Kier molecular flexibility index (Phi) is 6.49. The number of hydrogen-bond acceptors (Lipinski definition) is 5. The number of ether oxygens (including phenoxy) is 1. The van der Waals surface area contributed by atoms with Crippen molar-refractivity contribution in [3.05, 3.63) is 53.1 Å². The lowest BCUT2D eigenvalue weighted by Crippen LogP contribution is -2.42. The Morgan fingerprint density at radius 3 is 2.62 bits per heavy atom. The highest BCUT2D eigenvalue weighted by atomic mass is 35.5. The Morgan fingerprint density at radius 2 is 1.93 bits per heavy atom. The molecule has 29 heavy (non-hydrogen) atoms. The van der Waals surface area contributed by atoms with E-state index in [1.165, 1.54) is 16.7 Å². The van der Waals surface area contributed by atoms with Gasteiger partial charge < -0.3 is 15.0 Å². The van der Waals surface area contributed by atoms with Gasteiger partial charge in [-0.15, -0.1) is 11.8 Å². The SMILES string of the molecule is CC1Oc2ccc(C(=O)C(C)SCC(=O)Nc3ccc(Cl)cc3)cc2N(C)C1=O. The standard InChI is InChI=1S/C21H21ClN2O4S/c1-12-21(27)24(3)17-10-14(4-9-18(17)28-12)20(26)13(2)29-11-19(25)23-16-7-5-15(22)6-8-16/h4-10,12-13H,11H2,1-3H3,(H,23,25). The van der Waals surface area contributed by atoms with Crippen molar-refractivity contribution in [1.29, 1.82) is 0 Å². The largest absolute Gasteiger partial charge is 0.479 e. The maximum Gasteiger partial charge on any atom is 0.267 e. The molecule has 1 heterocycles. The topological polar surface area (TPSA) is 75.7 Å². The lowest BCUT2D eigenvalue weighted by Gasteiger charge is -2.30. The van der Waals surface area contributed by atoms with Crippen molar-refractivity contribution in [3.8, 4) is 5.75 Å². The Morgan fingerprint density at radius 1 is 1.24 bits per heavy atom. The summed E-state index contributed by atoms with van der Waals surface area (Å²) in [6, 6.07) is 11.9. The zero-order chi connectivity index (χ0) is 21.1. The number of carbonyl (C=O) groups excluding carboxylic acids is 3. The summed E-state index contributed by atoms with van der Waals surface area (Å²) in [7, 11) is 1.66. The first-order chi connectivity index (χ1) is 13.8. The molecule has 1 aliphatic rings. The fourth-order valence-electron chi connectivity index (χ4n) is 2.91. The predicted octanol–water partition coefficient (Wildman–Crippen LogP) is 4.03. The third-order valence-electron chi connectivity index (χ3n) is 4.55. The summed E-state index contributed by atoms with van der Waals surface area (Å²) < 4.78 is 5.58. The summed E-state index contributed by atoms with van der Waals surface area (Å²) in [5, 5.41) is 2.94. The Labute approximate surface area is 178 Å². The molecule has 0 aliphatic carbocycles. The van der Waals surface area contributed by atoms with Gasteiger partial charge in [-0.1, -0.05) is 11.6 Å². The van der Waals surface area contributed by atoms with E-state index in [2.05, 4.69) is 5.32 Å². The summed E-state index contributed by atoms with van der Waals surface area (Å²) in [6.07, 6.45) is -0.553. The van der Waals surface area contributed by atoms with Crippen molar-refractivity contribution in [2.24, 2.45) is 0 Å². The predicted molar refractivity (Wildman–Crippen MR) is 116 cm³/mol. The number of benzene rings is 2. The Balaban J connectivity index is 1.61. The van der Waals surface area contributed by atoms with Gasteiger partial charge in [0.2, 0.25) is 5.91 Å². The van der Waals surface area contributed by atoms with Gasteiger partial charge in [-0.05, 0) is 56.3 Å². The van der Waals surface area contributed by atoms with E-state index < -0.39 is 11.4 Å². The van der Waals surface area contributed by atoms with Crippen LogP contribution in [-0.4, -0.2) is 41.8 Å². The number of likely N-dealkylation sites (N-methyl/N-ethyl adjacent to an activating group) is 1. The molecule has 0 saturated carbocycles. The van der Waals surface area contributed by atoms with E-state index in [0.717, 1.165) is 0 Å². The van der Waals surface area contributed by atoms with Gasteiger partial charge in [-0.2, -0.15) is 0 Å². The highest BCUT2D eigenvalue weighted by molar-refractivity contribution is 8.01. The number of amides is 2. The summed E-state index contributed by atoms with van der Waals surface area (Å²) in [5.74, 6) is 0.230. The summed E-state index contributed by atoms with van der Waals surface area (Å²) >= 11 is 7.08. The highest BCUT2D eigenvalue weighted by Gasteiger charge is 2.30. The van der Waals surface area contributed by atoms with Crippen LogP contribution < -0.4 is 15.0 Å². The van der Waals surface area contributed by atoms with Crippen molar-refractivity contribution >= 4 is 52.3 Å². The third-order valence-corrected chi connectivity index (χ3v) is 5.94. The number of anilines is 2. The molecule has 3 rings (SSSR count). The molecule has 2 amide bonds. The first kappa shape index (κ1) is 21.2. The van der Waals surface area contributed by atoms with Gasteiger partial charge >= 0.3 is 0 Å². The first-order valence-electron chi connectivity index (χ1n) is 9.05. The second-order valence-corrected chi connectivity index (χ2v) is 8.48. The van der Waals surface area contributed by atoms with Gasteiger partial charge in [0.25, 0.3) is 5.91 Å². The van der Waals surface area contributed by atoms with Gasteiger partial charge in [0.15, 0.2) is 11.9 Å². The molecule has 0 radical (unpaired) electrons. The van der Waals surface area contributed by atoms with Gasteiger partial charge in [-0.3, -0.25) is 14.4 Å². The number of fused-ring (bicyclic) bond motifs is 1. The van der Waals surface area contributed by atoms with Gasteiger partial charge in [-0.25, -0.2) is 0 Å². The second kappa shape index (κ2) is 8.88. The van der Waals surface area contributed by atoms with Crippen LogP contribution in [0.3, 0.4) is 0 Å². The first-order valence-corrected chi connectivity index (χ1v) is 10.5. The van der Waals surface area contributed by atoms with Crippen LogP contribution in [0.25, 0.3) is 0 Å². The summed E-state index contributed by atoms with van der Waals surface area (Å²) in [4.78, 5) is 38.5. The van der Waals surface area contributed by atoms with Crippen LogP contribution in [0.15, 0.2) is 42.5 Å². The van der Waals surface area contributed by atoms with Crippen molar-refractivity contribution in [2.75, 3.05) is 23.0 Å². The number of thioether (sulfide) groups is 1. The van der Waals surface area contributed by atoms with Crippen molar-refractivity contribution in [1.82, 2.24) is 0 Å². The van der Waals surface area contributed by atoms with Crippen LogP contribution in [-0.2, 0) is 9.59 Å². The normalized spacial score (nSPS) is 16.6. The van der Waals surface area contributed by atoms with E-state index in [4.69, 9.17) is 16.3 Å². The number of rotatable bonds is 6. The molecule has 0 spiro atoms. The molecule has 1 aliphatic heterocycles. The second-order valence-electron chi connectivity index (χ2n) is 6.71. The minimum atomic E-state index is -0.553. The maximum absolute atomic E-state index is 12.8. The van der Waals surface area contributed by atoms with E-state index in [1.54, 1.807) is 63.4 Å². The number of halogens is 1. The molecular weight excluding hydrogens is 412 g/mol. The van der Waals surface area contributed by atoms with Crippen LogP contribution in [0.1, 0.15) is 24.2 Å². The van der Waals surface area contributed by atoms with Gasteiger partial charge in [0, 0.05) is 23.3 Å². The molecule has 152 valence electrons. The van der Waals surface area contributed by atoms with E-state index >= 15 is 0 Å². The molecule has 8 heteroatoms. The molecular formula is C21H21ClN2O4S.